The zero-order chi connectivity index (χ0) is 14.5. The third-order valence-electron chi connectivity index (χ3n) is 3.18. The fraction of sp³-hybridized carbons (Fsp3) is 0.267. The summed E-state index contributed by atoms with van der Waals surface area (Å²) in [6.07, 6.45) is 2.24. The zero-order valence-corrected chi connectivity index (χ0v) is 11.3. The summed E-state index contributed by atoms with van der Waals surface area (Å²) in [6, 6.07) is 10.7. The average Bonchev–Trinajstić information content (AvgIpc) is 2.86. The van der Waals surface area contributed by atoms with E-state index < -0.39 is 12.0 Å². The molecule has 0 bridgehead atoms. The summed E-state index contributed by atoms with van der Waals surface area (Å²) in [5.74, 6) is -0.170. The number of rotatable bonds is 6. The summed E-state index contributed by atoms with van der Waals surface area (Å²) in [5.41, 5.74) is 7.61. The quantitative estimate of drug-likeness (QED) is 0.836. The van der Waals surface area contributed by atoms with Gasteiger partial charge in [0, 0.05) is 24.9 Å². The van der Waals surface area contributed by atoms with E-state index >= 15 is 0 Å². The molecule has 3 N–H and O–H groups in total. The molecule has 1 atom stereocenters. The number of carbonyl (C=O) groups is 1. The minimum Gasteiger partial charge on any atom is -0.497 e. The molecule has 0 saturated heterocycles. The monoisotopic (exact) mass is 274 g/mol. The van der Waals surface area contributed by atoms with Crippen LogP contribution in [0, 0.1) is 0 Å². The van der Waals surface area contributed by atoms with Crippen molar-refractivity contribution in [1.29, 1.82) is 0 Å². The van der Waals surface area contributed by atoms with E-state index in [0.717, 1.165) is 17.0 Å². The average molecular weight is 274 g/mol. The number of nitrogens with two attached hydrogens (primary N) is 1. The van der Waals surface area contributed by atoms with E-state index in [-0.39, 0.29) is 0 Å². The molecule has 0 saturated carbocycles. The summed E-state index contributed by atoms with van der Waals surface area (Å²) in [6.45, 7) is 0.679. The molecule has 0 aliphatic rings. The number of hydrogen-bond acceptors (Lipinski definition) is 3. The van der Waals surface area contributed by atoms with Gasteiger partial charge in [-0.3, -0.25) is 4.79 Å². The predicted octanol–water partition coefficient (Wildman–Crippen LogP) is 1.50. The van der Waals surface area contributed by atoms with Gasteiger partial charge in [-0.05, 0) is 29.8 Å². The maximum atomic E-state index is 10.8. The molecule has 1 unspecified atom stereocenters. The van der Waals surface area contributed by atoms with Crippen LogP contribution in [0.2, 0.25) is 0 Å². The second-order valence-electron chi connectivity index (χ2n) is 4.62. The summed E-state index contributed by atoms with van der Waals surface area (Å²) < 4.78 is 7.12. The van der Waals surface area contributed by atoms with E-state index in [1.165, 1.54) is 0 Å². The smallest absolute Gasteiger partial charge is 0.320 e. The lowest BCUT2D eigenvalue weighted by Crippen LogP contribution is -2.33. The lowest BCUT2D eigenvalue weighted by molar-refractivity contribution is -0.138. The van der Waals surface area contributed by atoms with Gasteiger partial charge in [0.05, 0.1) is 7.11 Å². The highest BCUT2D eigenvalue weighted by atomic mass is 16.5. The number of benzene rings is 1. The number of carboxylic acids is 1. The van der Waals surface area contributed by atoms with Crippen LogP contribution in [0.25, 0.3) is 0 Å². The SMILES string of the molecule is COc1ccc(Cn2cccc2CC(N)C(=O)O)cc1. The fourth-order valence-corrected chi connectivity index (χ4v) is 2.03. The van der Waals surface area contributed by atoms with Gasteiger partial charge in [-0.2, -0.15) is 0 Å². The van der Waals surface area contributed by atoms with Gasteiger partial charge < -0.3 is 20.1 Å². The fourth-order valence-electron chi connectivity index (χ4n) is 2.03. The van der Waals surface area contributed by atoms with E-state index in [1.807, 2.05) is 47.2 Å². The van der Waals surface area contributed by atoms with Crippen LogP contribution >= 0.6 is 0 Å². The lowest BCUT2D eigenvalue weighted by Gasteiger charge is -2.12. The molecule has 0 aliphatic heterocycles. The molecule has 1 aromatic heterocycles. The molecule has 2 rings (SSSR count). The minimum atomic E-state index is -0.984. The van der Waals surface area contributed by atoms with Gasteiger partial charge >= 0.3 is 5.97 Å². The zero-order valence-electron chi connectivity index (χ0n) is 11.3. The molecule has 1 aromatic carbocycles. The second kappa shape index (κ2) is 6.25. The Morgan fingerprint density at radius 3 is 2.65 bits per heavy atom. The van der Waals surface area contributed by atoms with Crippen molar-refractivity contribution in [3.8, 4) is 5.75 Å². The molecule has 0 radical (unpaired) electrons. The maximum absolute atomic E-state index is 10.8. The molecule has 5 nitrogen and oxygen atoms in total. The molecule has 0 amide bonds. The predicted molar refractivity (Wildman–Crippen MR) is 75.8 cm³/mol. The van der Waals surface area contributed by atoms with Gasteiger partial charge in [-0.15, -0.1) is 0 Å². The van der Waals surface area contributed by atoms with Crippen molar-refractivity contribution in [2.24, 2.45) is 5.73 Å². The van der Waals surface area contributed by atoms with Crippen molar-refractivity contribution in [1.82, 2.24) is 4.57 Å². The summed E-state index contributed by atoms with van der Waals surface area (Å²) in [4.78, 5) is 10.8. The summed E-state index contributed by atoms with van der Waals surface area (Å²) in [5, 5.41) is 8.87. The maximum Gasteiger partial charge on any atom is 0.320 e. The highest BCUT2D eigenvalue weighted by Gasteiger charge is 2.14. The lowest BCUT2D eigenvalue weighted by atomic mass is 10.1. The summed E-state index contributed by atoms with van der Waals surface area (Å²) >= 11 is 0. The van der Waals surface area contributed by atoms with Crippen molar-refractivity contribution in [3.63, 3.8) is 0 Å². The first-order valence-corrected chi connectivity index (χ1v) is 6.35. The van der Waals surface area contributed by atoms with E-state index in [0.29, 0.717) is 13.0 Å². The van der Waals surface area contributed by atoms with Crippen LogP contribution in [0.5, 0.6) is 5.75 Å². The normalized spacial score (nSPS) is 12.1. The first kappa shape index (κ1) is 14.1. The van der Waals surface area contributed by atoms with Crippen LogP contribution in [0.15, 0.2) is 42.6 Å². The van der Waals surface area contributed by atoms with E-state index in [4.69, 9.17) is 15.6 Å². The van der Waals surface area contributed by atoms with Crippen LogP contribution in [-0.2, 0) is 17.8 Å². The second-order valence-corrected chi connectivity index (χ2v) is 4.62. The number of hydrogen-bond donors (Lipinski definition) is 2. The molecule has 0 aliphatic carbocycles. The van der Waals surface area contributed by atoms with Gasteiger partial charge in [0.25, 0.3) is 0 Å². The van der Waals surface area contributed by atoms with Crippen molar-refractivity contribution >= 4 is 5.97 Å². The van der Waals surface area contributed by atoms with E-state index in [2.05, 4.69) is 0 Å². The van der Waals surface area contributed by atoms with E-state index in [1.54, 1.807) is 7.11 Å². The van der Waals surface area contributed by atoms with Gasteiger partial charge in [0.2, 0.25) is 0 Å². The topological polar surface area (TPSA) is 77.5 Å². The number of aliphatic carboxylic acids is 1. The standard InChI is InChI=1S/C15H18N2O3/c1-20-13-6-4-11(5-7-13)10-17-8-2-3-12(17)9-14(16)15(18)19/h2-8,14H,9-10,16H2,1H3,(H,18,19). The van der Waals surface area contributed by atoms with Crippen LogP contribution in [0.1, 0.15) is 11.3 Å². The Bertz CT molecular complexity index is 575. The summed E-state index contributed by atoms with van der Waals surface area (Å²) in [7, 11) is 1.63. The first-order chi connectivity index (χ1) is 9.60. The largest absolute Gasteiger partial charge is 0.497 e. The van der Waals surface area contributed by atoms with Crippen molar-refractivity contribution in [2.45, 2.75) is 19.0 Å². The third kappa shape index (κ3) is 3.39. The van der Waals surface area contributed by atoms with Gasteiger partial charge in [-0.1, -0.05) is 12.1 Å². The highest BCUT2D eigenvalue weighted by Crippen LogP contribution is 2.14. The first-order valence-electron chi connectivity index (χ1n) is 6.35. The Labute approximate surface area is 117 Å². The Kier molecular flexibility index (Phi) is 4.42. The molecular weight excluding hydrogens is 256 g/mol. The van der Waals surface area contributed by atoms with Gasteiger partial charge in [-0.25, -0.2) is 0 Å². The molecule has 0 fully saturated rings. The van der Waals surface area contributed by atoms with Crippen LogP contribution in [0.4, 0.5) is 0 Å². The Morgan fingerprint density at radius 1 is 1.35 bits per heavy atom. The van der Waals surface area contributed by atoms with Crippen molar-refractivity contribution in [3.05, 3.63) is 53.9 Å². The number of aromatic nitrogens is 1. The molecule has 20 heavy (non-hydrogen) atoms. The number of ether oxygens (including phenoxy) is 1. The van der Waals surface area contributed by atoms with Gasteiger partial charge in [0.15, 0.2) is 0 Å². The Balaban J connectivity index is 2.09. The molecule has 106 valence electrons. The van der Waals surface area contributed by atoms with Crippen LogP contribution in [0.3, 0.4) is 0 Å². The molecule has 5 heteroatoms. The molecule has 0 spiro atoms. The molecular formula is C15H18N2O3. The van der Waals surface area contributed by atoms with Gasteiger partial charge in [0.1, 0.15) is 11.8 Å². The minimum absolute atomic E-state index is 0.318. The van der Waals surface area contributed by atoms with Crippen LogP contribution in [-0.4, -0.2) is 28.8 Å². The van der Waals surface area contributed by atoms with Crippen LogP contribution < -0.4 is 10.5 Å². The Hall–Kier alpha value is -2.27. The number of nitrogens with zero attached hydrogens (tertiary/aromatic N) is 1. The van der Waals surface area contributed by atoms with Crippen molar-refractivity contribution in [2.75, 3.05) is 7.11 Å². The number of carboxylic acid groups (broad SMARTS) is 1. The highest BCUT2D eigenvalue weighted by molar-refractivity contribution is 5.73. The Morgan fingerprint density at radius 2 is 2.05 bits per heavy atom. The third-order valence-corrected chi connectivity index (χ3v) is 3.18. The van der Waals surface area contributed by atoms with E-state index in [9.17, 15) is 4.79 Å². The molecule has 1 heterocycles. The van der Waals surface area contributed by atoms with Crippen molar-refractivity contribution < 1.29 is 14.6 Å². The molecule has 2 aromatic rings. The number of methoxy groups -OCH3 is 1.